The minimum Gasteiger partial charge on any atom is -0.383 e. The SMILES string of the molecule is COCCNC1(C(N)=O)CCc2ccc(C)cc21. The fourth-order valence-corrected chi connectivity index (χ4v) is 2.66. The number of rotatable bonds is 5. The van der Waals surface area contributed by atoms with E-state index in [1.165, 1.54) is 5.56 Å². The molecule has 0 bridgehead atoms. The first-order chi connectivity index (χ1) is 8.60. The van der Waals surface area contributed by atoms with E-state index in [1.54, 1.807) is 7.11 Å². The van der Waals surface area contributed by atoms with Gasteiger partial charge in [0.25, 0.3) is 0 Å². The van der Waals surface area contributed by atoms with Gasteiger partial charge in [0.05, 0.1) is 6.61 Å². The smallest absolute Gasteiger partial charge is 0.242 e. The Morgan fingerprint density at radius 2 is 2.33 bits per heavy atom. The van der Waals surface area contributed by atoms with Crippen LogP contribution in [-0.4, -0.2) is 26.2 Å². The summed E-state index contributed by atoms with van der Waals surface area (Å²) in [7, 11) is 1.64. The first-order valence-electron chi connectivity index (χ1n) is 6.24. The molecule has 4 nitrogen and oxygen atoms in total. The average Bonchev–Trinajstić information content (AvgIpc) is 2.69. The number of ether oxygens (including phenoxy) is 1. The van der Waals surface area contributed by atoms with Gasteiger partial charge in [0, 0.05) is 13.7 Å². The van der Waals surface area contributed by atoms with E-state index < -0.39 is 5.54 Å². The van der Waals surface area contributed by atoms with Crippen LogP contribution in [0.3, 0.4) is 0 Å². The molecule has 98 valence electrons. The van der Waals surface area contributed by atoms with Gasteiger partial charge in [0.2, 0.25) is 5.91 Å². The number of nitrogens with two attached hydrogens (primary N) is 1. The predicted molar refractivity (Wildman–Crippen MR) is 70.3 cm³/mol. The molecule has 0 aromatic heterocycles. The van der Waals surface area contributed by atoms with Gasteiger partial charge in [-0.3, -0.25) is 10.1 Å². The van der Waals surface area contributed by atoms with E-state index in [0.717, 1.165) is 24.0 Å². The summed E-state index contributed by atoms with van der Waals surface area (Å²) < 4.78 is 5.02. The molecule has 1 aliphatic carbocycles. The van der Waals surface area contributed by atoms with E-state index in [9.17, 15) is 4.79 Å². The lowest BCUT2D eigenvalue weighted by molar-refractivity contribution is -0.124. The van der Waals surface area contributed by atoms with E-state index in [1.807, 2.05) is 6.92 Å². The van der Waals surface area contributed by atoms with E-state index in [-0.39, 0.29) is 5.91 Å². The molecule has 0 spiro atoms. The van der Waals surface area contributed by atoms with Crippen LogP contribution in [-0.2, 0) is 21.5 Å². The van der Waals surface area contributed by atoms with Gasteiger partial charge < -0.3 is 10.5 Å². The largest absolute Gasteiger partial charge is 0.383 e. The zero-order valence-corrected chi connectivity index (χ0v) is 11.0. The van der Waals surface area contributed by atoms with Gasteiger partial charge in [-0.15, -0.1) is 0 Å². The molecule has 0 saturated carbocycles. The van der Waals surface area contributed by atoms with Crippen molar-refractivity contribution in [1.82, 2.24) is 5.32 Å². The third-order valence-electron chi connectivity index (χ3n) is 3.65. The molecule has 0 heterocycles. The molecule has 0 aliphatic heterocycles. The number of primary amides is 1. The van der Waals surface area contributed by atoms with E-state index in [2.05, 4.69) is 23.5 Å². The van der Waals surface area contributed by atoms with Crippen LogP contribution < -0.4 is 11.1 Å². The maximum Gasteiger partial charge on any atom is 0.242 e. The molecular formula is C14H20N2O2. The average molecular weight is 248 g/mol. The Hall–Kier alpha value is -1.39. The quantitative estimate of drug-likeness (QED) is 0.760. The van der Waals surface area contributed by atoms with Gasteiger partial charge in [-0.25, -0.2) is 0 Å². The summed E-state index contributed by atoms with van der Waals surface area (Å²) in [5, 5.41) is 3.28. The van der Waals surface area contributed by atoms with Crippen LogP contribution in [0.2, 0.25) is 0 Å². The molecule has 1 aromatic carbocycles. The van der Waals surface area contributed by atoms with Crippen molar-refractivity contribution in [2.24, 2.45) is 5.73 Å². The maximum absolute atomic E-state index is 11.9. The second-order valence-electron chi connectivity index (χ2n) is 4.85. The van der Waals surface area contributed by atoms with Crippen LogP contribution in [0.25, 0.3) is 0 Å². The predicted octanol–water partition coefficient (Wildman–Crippen LogP) is 0.858. The van der Waals surface area contributed by atoms with E-state index in [4.69, 9.17) is 10.5 Å². The maximum atomic E-state index is 11.9. The first kappa shape index (κ1) is 13.1. The summed E-state index contributed by atoms with van der Waals surface area (Å²) >= 11 is 0. The van der Waals surface area contributed by atoms with E-state index >= 15 is 0 Å². The highest BCUT2D eigenvalue weighted by Crippen LogP contribution is 2.37. The van der Waals surface area contributed by atoms with Crippen LogP contribution >= 0.6 is 0 Å². The first-order valence-corrected chi connectivity index (χ1v) is 6.24. The van der Waals surface area contributed by atoms with Crippen LogP contribution in [0.4, 0.5) is 0 Å². The van der Waals surface area contributed by atoms with Crippen molar-refractivity contribution in [2.75, 3.05) is 20.3 Å². The molecular weight excluding hydrogens is 228 g/mol. The molecule has 1 aliphatic rings. The fraction of sp³-hybridized carbons (Fsp3) is 0.500. The molecule has 0 fully saturated rings. The molecule has 1 atom stereocenters. The van der Waals surface area contributed by atoms with Gasteiger partial charge in [0.1, 0.15) is 5.54 Å². The second-order valence-corrected chi connectivity index (χ2v) is 4.85. The number of nitrogens with one attached hydrogen (secondary N) is 1. The molecule has 1 unspecified atom stereocenters. The Kier molecular flexibility index (Phi) is 3.68. The van der Waals surface area contributed by atoms with Gasteiger partial charge in [-0.2, -0.15) is 0 Å². The van der Waals surface area contributed by atoms with Crippen molar-refractivity contribution in [3.05, 3.63) is 34.9 Å². The minimum atomic E-state index is -0.722. The van der Waals surface area contributed by atoms with Gasteiger partial charge in [-0.05, 0) is 30.9 Å². The number of benzene rings is 1. The summed E-state index contributed by atoms with van der Waals surface area (Å²) in [5.74, 6) is -0.303. The topological polar surface area (TPSA) is 64.3 Å². The van der Waals surface area contributed by atoms with Crippen molar-refractivity contribution >= 4 is 5.91 Å². The molecule has 0 radical (unpaired) electrons. The lowest BCUT2D eigenvalue weighted by atomic mass is 9.90. The number of carbonyl (C=O) groups is 1. The molecule has 3 N–H and O–H groups in total. The Morgan fingerprint density at radius 1 is 1.56 bits per heavy atom. The van der Waals surface area contributed by atoms with E-state index in [0.29, 0.717) is 13.2 Å². The van der Waals surface area contributed by atoms with Crippen LogP contribution in [0, 0.1) is 6.92 Å². The number of aryl methyl sites for hydroxylation is 2. The number of carbonyl (C=O) groups excluding carboxylic acids is 1. The van der Waals surface area contributed by atoms with Gasteiger partial charge in [0.15, 0.2) is 0 Å². The summed E-state index contributed by atoms with van der Waals surface area (Å²) in [5.41, 5.74) is 8.31. The highest BCUT2D eigenvalue weighted by Gasteiger charge is 2.43. The minimum absolute atomic E-state index is 0.303. The monoisotopic (exact) mass is 248 g/mol. The molecule has 2 rings (SSSR count). The number of amides is 1. The number of hydrogen-bond acceptors (Lipinski definition) is 3. The summed E-state index contributed by atoms with van der Waals surface area (Å²) in [6.45, 7) is 3.21. The molecule has 4 heteroatoms. The summed E-state index contributed by atoms with van der Waals surface area (Å²) in [6.07, 6.45) is 1.61. The molecule has 18 heavy (non-hydrogen) atoms. The van der Waals surface area contributed by atoms with Crippen molar-refractivity contribution in [3.63, 3.8) is 0 Å². The third-order valence-corrected chi connectivity index (χ3v) is 3.65. The van der Waals surface area contributed by atoms with Crippen molar-refractivity contribution in [2.45, 2.75) is 25.3 Å². The molecule has 0 saturated heterocycles. The standard InChI is InChI=1S/C14H20N2O2/c1-10-3-4-11-5-6-14(13(15)17,12(11)9-10)16-7-8-18-2/h3-4,9,16H,5-8H2,1-2H3,(H2,15,17). The summed E-state index contributed by atoms with van der Waals surface area (Å²) in [4.78, 5) is 11.9. The zero-order valence-electron chi connectivity index (χ0n) is 11.0. The summed E-state index contributed by atoms with van der Waals surface area (Å²) in [6, 6.07) is 6.23. The Balaban J connectivity index is 2.34. The molecule has 1 amide bonds. The highest BCUT2D eigenvalue weighted by molar-refractivity contribution is 5.87. The van der Waals surface area contributed by atoms with Crippen molar-refractivity contribution < 1.29 is 9.53 Å². The Labute approximate surface area is 108 Å². The van der Waals surface area contributed by atoms with Crippen LogP contribution in [0.15, 0.2) is 18.2 Å². The van der Waals surface area contributed by atoms with Gasteiger partial charge >= 0.3 is 0 Å². The van der Waals surface area contributed by atoms with Gasteiger partial charge in [-0.1, -0.05) is 23.8 Å². The lowest BCUT2D eigenvalue weighted by Crippen LogP contribution is -2.52. The zero-order chi connectivity index (χ0) is 13.2. The molecule has 1 aromatic rings. The Morgan fingerprint density at radius 3 is 3.00 bits per heavy atom. The lowest BCUT2D eigenvalue weighted by Gasteiger charge is -2.28. The Bertz CT molecular complexity index is 459. The third kappa shape index (κ3) is 2.13. The van der Waals surface area contributed by atoms with Crippen molar-refractivity contribution in [3.8, 4) is 0 Å². The van der Waals surface area contributed by atoms with Crippen LogP contribution in [0.1, 0.15) is 23.1 Å². The second kappa shape index (κ2) is 5.08. The van der Waals surface area contributed by atoms with Crippen LogP contribution in [0.5, 0.6) is 0 Å². The normalized spacial score (nSPS) is 21.9. The van der Waals surface area contributed by atoms with Crippen molar-refractivity contribution in [1.29, 1.82) is 0 Å². The highest BCUT2D eigenvalue weighted by atomic mass is 16.5. The number of hydrogen-bond donors (Lipinski definition) is 2. The number of methoxy groups -OCH3 is 1. The number of fused-ring (bicyclic) bond motifs is 1. The fourth-order valence-electron chi connectivity index (χ4n) is 2.66.